The molecule has 1 heterocycles. The fourth-order valence-corrected chi connectivity index (χ4v) is 1.07. The first-order valence-corrected chi connectivity index (χ1v) is 5.16. The van der Waals surface area contributed by atoms with Crippen LogP contribution in [0.2, 0.25) is 0 Å². The Morgan fingerprint density at radius 3 is 2.57 bits per heavy atom. The number of para-hydroxylation sites is 1. The minimum absolute atomic E-state index is 0.338. The standard InChI is InChI=1S/C10H12O2.C2H6/c1-8-4-2-3-5-10(8)12-7-9-6-11-9;1-2/h2-5,9H,6-7H2,1H3;1-2H3/t9-;/m0./s1. The zero-order valence-electron chi connectivity index (χ0n) is 9.12. The summed E-state index contributed by atoms with van der Waals surface area (Å²) in [5.41, 5.74) is 1.18. The molecule has 1 aromatic carbocycles. The molecule has 0 unspecified atom stereocenters. The van der Waals surface area contributed by atoms with E-state index >= 15 is 0 Å². The summed E-state index contributed by atoms with van der Waals surface area (Å²) in [6.07, 6.45) is 0.338. The average molecular weight is 194 g/mol. The molecule has 1 atom stereocenters. The van der Waals surface area contributed by atoms with Crippen LogP contribution < -0.4 is 4.74 Å². The largest absolute Gasteiger partial charge is 0.491 e. The van der Waals surface area contributed by atoms with Gasteiger partial charge in [-0.2, -0.15) is 0 Å². The van der Waals surface area contributed by atoms with Gasteiger partial charge in [0.05, 0.1) is 6.61 Å². The fraction of sp³-hybridized carbons (Fsp3) is 0.500. The van der Waals surface area contributed by atoms with Crippen molar-refractivity contribution in [1.29, 1.82) is 0 Å². The van der Waals surface area contributed by atoms with Crippen LogP contribution in [0.1, 0.15) is 19.4 Å². The molecule has 1 fully saturated rings. The molecule has 1 aromatic rings. The first kappa shape index (κ1) is 11.1. The lowest BCUT2D eigenvalue weighted by Crippen LogP contribution is -2.04. The van der Waals surface area contributed by atoms with Gasteiger partial charge >= 0.3 is 0 Å². The number of ether oxygens (including phenoxy) is 2. The highest BCUT2D eigenvalue weighted by Gasteiger charge is 2.23. The Labute approximate surface area is 85.8 Å². The third-order valence-electron chi connectivity index (χ3n) is 1.92. The SMILES string of the molecule is CC.Cc1ccccc1OC[C@@H]1CO1. The second kappa shape index (κ2) is 5.66. The fourth-order valence-electron chi connectivity index (χ4n) is 1.07. The molecular formula is C12H18O2. The summed E-state index contributed by atoms with van der Waals surface area (Å²) in [5.74, 6) is 0.966. The van der Waals surface area contributed by atoms with E-state index in [2.05, 4.69) is 0 Å². The lowest BCUT2D eigenvalue weighted by atomic mass is 10.2. The predicted molar refractivity (Wildman–Crippen MR) is 57.8 cm³/mol. The van der Waals surface area contributed by atoms with Gasteiger partial charge in [0.25, 0.3) is 0 Å². The van der Waals surface area contributed by atoms with Gasteiger partial charge in [0, 0.05) is 0 Å². The Kier molecular flexibility index (Phi) is 4.47. The van der Waals surface area contributed by atoms with Crippen LogP contribution in [0.4, 0.5) is 0 Å². The summed E-state index contributed by atoms with van der Waals surface area (Å²) < 4.78 is 10.6. The van der Waals surface area contributed by atoms with Crippen LogP contribution in [-0.4, -0.2) is 19.3 Å². The summed E-state index contributed by atoms with van der Waals surface area (Å²) in [4.78, 5) is 0. The van der Waals surface area contributed by atoms with Gasteiger partial charge in [-0.1, -0.05) is 32.0 Å². The van der Waals surface area contributed by atoms with E-state index in [0.717, 1.165) is 12.4 Å². The molecule has 2 nitrogen and oxygen atoms in total. The van der Waals surface area contributed by atoms with Crippen molar-refractivity contribution in [3.8, 4) is 5.75 Å². The second-order valence-corrected chi connectivity index (χ2v) is 3.03. The Morgan fingerprint density at radius 1 is 1.36 bits per heavy atom. The molecule has 0 saturated carbocycles. The van der Waals surface area contributed by atoms with Crippen molar-refractivity contribution in [2.45, 2.75) is 26.9 Å². The van der Waals surface area contributed by atoms with Gasteiger partial charge in [0.1, 0.15) is 18.5 Å². The molecular weight excluding hydrogens is 176 g/mol. The van der Waals surface area contributed by atoms with Crippen molar-refractivity contribution in [2.24, 2.45) is 0 Å². The summed E-state index contributed by atoms with van der Waals surface area (Å²) >= 11 is 0. The van der Waals surface area contributed by atoms with E-state index in [1.54, 1.807) is 0 Å². The number of epoxide rings is 1. The van der Waals surface area contributed by atoms with Crippen LogP contribution in [0.5, 0.6) is 5.75 Å². The quantitative estimate of drug-likeness (QED) is 0.690. The smallest absolute Gasteiger partial charge is 0.122 e. The van der Waals surface area contributed by atoms with Gasteiger partial charge in [-0.25, -0.2) is 0 Å². The van der Waals surface area contributed by atoms with E-state index in [4.69, 9.17) is 9.47 Å². The zero-order chi connectivity index (χ0) is 10.4. The topological polar surface area (TPSA) is 21.8 Å². The van der Waals surface area contributed by atoms with Crippen LogP contribution in [0.3, 0.4) is 0 Å². The molecule has 2 heteroatoms. The third kappa shape index (κ3) is 3.38. The molecule has 1 aliphatic rings. The molecule has 0 N–H and O–H groups in total. The van der Waals surface area contributed by atoms with Crippen LogP contribution in [-0.2, 0) is 4.74 Å². The minimum atomic E-state index is 0.338. The van der Waals surface area contributed by atoms with Crippen molar-refractivity contribution in [1.82, 2.24) is 0 Å². The number of rotatable bonds is 3. The average Bonchev–Trinajstić information content (AvgIpc) is 3.04. The highest BCUT2D eigenvalue weighted by atomic mass is 16.6. The molecule has 1 saturated heterocycles. The van der Waals surface area contributed by atoms with E-state index in [0.29, 0.717) is 12.7 Å². The maximum absolute atomic E-state index is 5.54. The van der Waals surface area contributed by atoms with E-state index in [-0.39, 0.29) is 0 Å². The van der Waals surface area contributed by atoms with Gasteiger partial charge in [-0.15, -0.1) is 0 Å². The summed E-state index contributed by atoms with van der Waals surface area (Å²) in [6, 6.07) is 8.02. The van der Waals surface area contributed by atoms with Crippen molar-refractivity contribution < 1.29 is 9.47 Å². The third-order valence-corrected chi connectivity index (χ3v) is 1.92. The second-order valence-electron chi connectivity index (χ2n) is 3.03. The number of hydrogen-bond acceptors (Lipinski definition) is 2. The summed E-state index contributed by atoms with van der Waals surface area (Å²) in [6.45, 7) is 7.58. The highest BCUT2D eigenvalue weighted by molar-refractivity contribution is 5.31. The molecule has 0 radical (unpaired) electrons. The molecule has 0 aromatic heterocycles. The van der Waals surface area contributed by atoms with Gasteiger partial charge in [0.15, 0.2) is 0 Å². The van der Waals surface area contributed by atoms with Crippen LogP contribution in [0, 0.1) is 6.92 Å². The Balaban J connectivity index is 0.000000461. The van der Waals surface area contributed by atoms with E-state index in [1.807, 2.05) is 45.0 Å². The van der Waals surface area contributed by atoms with Crippen LogP contribution in [0.25, 0.3) is 0 Å². The lowest BCUT2D eigenvalue weighted by Gasteiger charge is -2.06. The molecule has 0 amide bonds. The maximum atomic E-state index is 5.54. The monoisotopic (exact) mass is 194 g/mol. The van der Waals surface area contributed by atoms with Gasteiger partial charge in [0.2, 0.25) is 0 Å². The van der Waals surface area contributed by atoms with E-state index in [9.17, 15) is 0 Å². The highest BCUT2D eigenvalue weighted by Crippen LogP contribution is 2.18. The van der Waals surface area contributed by atoms with Crippen molar-refractivity contribution in [2.75, 3.05) is 13.2 Å². The molecule has 0 spiro atoms. The Hall–Kier alpha value is -1.02. The number of hydrogen-bond donors (Lipinski definition) is 0. The van der Waals surface area contributed by atoms with Crippen LogP contribution in [0.15, 0.2) is 24.3 Å². The number of benzene rings is 1. The molecule has 78 valence electrons. The Morgan fingerprint density at radius 2 is 2.00 bits per heavy atom. The molecule has 14 heavy (non-hydrogen) atoms. The molecule has 2 rings (SSSR count). The summed E-state index contributed by atoms with van der Waals surface area (Å²) in [5, 5.41) is 0. The van der Waals surface area contributed by atoms with Gasteiger partial charge in [-0.3, -0.25) is 0 Å². The van der Waals surface area contributed by atoms with Gasteiger partial charge < -0.3 is 9.47 Å². The van der Waals surface area contributed by atoms with Crippen molar-refractivity contribution >= 4 is 0 Å². The van der Waals surface area contributed by atoms with E-state index < -0.39 is 0 Å². The summed E-state index contributed by atoms with van der Waals surface area (Å²) in [7, 11) is 0. The molecule has 1 aliphatic heterocycles. The first-order valence-electron chi connectivity index (χ1n) is 5.16. The lowest BCUT2D eigenvalue weighted by molar-refractivity contribution is 0.262. The minimum Gasteiger partial charge on any atom is -0.491 e. The maximum Gasteiger partial charge on any atom is 0.122 e. The van der Waals surface area contributed by atoms with Crippen LogP contribution >= 0.6 is 0 Å². The normalized spacial score (nSPS) is 18.1. The van der Waals surface area contributed by atoms with Gasteiger partial charge in [-0.05, 0) is 18.6 Å². The van der Waals surface area contributed by atoms with Crippen molar-refractivity contribution in [3.05, 3.63) is 29.8 Å². The Bertz CT molecular complexity index is 267. The van der Waals surface area contributed by atoms with Crippen molar-refractivity contribution in [3.63, 3.8) is 0 Å². The molecule has 0 bridgehead atoms. The first-order chi connectivity index (χ1) is 6.86. The van der Waals surface area contributed by atoms with E-state index in [1.165, 1.54) is 5.56 Å². The zero-order valence-corrected chi connectivity index (χ0v) is 9.12. The molecule has 0 aliphatic carbocycles. The predicted octanol–water partition coefficient (Wildman–Crippen LogP) is 2.80. The number of aryl methyl sites for hydroxylation is 1.